The number of thioether (sulfide) groups is 1. The van der Waals surface area contributed by atoms with Gasteiger partial charge in [-0.2, -0.15) is 0 Å². The highest BCUT2D eigenvalue weighted by molar-refractivity contribution is 7.99. The van der Waals surface area contributed by atoms with Crippen molar-refractivity contribution in [3.8, 4) is 0 Å². The summed E-state index contributed by atoms with van der Waals surface area (Å²) in [7, 11) is 0. The van der Waals surface area contributed by atoms with Crippen LogP contribution >= 0.6 is 23.4 Å². The minimum absolute atomic E-state index is 0.214. The molecule has 1 atom stereocenters. The average Bonchev–Trinajstić information content (AvgIpc) is 2.45. The van der Waals surface area contributed by atoms with Crippen LogP contribution in [0.5, 0.6) is 0 Å². The molecule has 2 rings (SSSR count). The Bertz CT molecular complexity index is 505. The van der Waals surface area contributed by atoms with E-state index in [4.69, 9.17) is 16.3 Å². The molecule has 22 heavy (non-hydrogen) atoms. The van der Waals surface area contributed by atoms with Crippen LogP contribution < -0.4 is 0 Å². The second-order valence-corrected chi connectivity index (χ2v) is 7.87. The molecular weight excluding hydrogens is 322 g/mol. The summed E-state index contributed by atoms with van der Waals surface area (Å²) in [5.41, 5.74) is -0.447. The maximum atomic E-state index is 12.1. The van der Waals surface area contributed by atoms with Crippen LogP contribution in [0.4, 0.5) is 4.79 Å². The van der Waals surface area contributed by atoms with Crippen LogP contribution in [0.25, 0.3) is 0 Å². The van der Waals surface area contributed by atoms with E-state index in [1.807, 2.05) is 31.7 Å². The van der Waals surface area contributed by atoms with Crippen LogP contribution in [0.15, 0.2) is 17.2 Å². The first kappa shape index (κ1) is 17.3. The number of nitrogens with zero attached hydrogens (tertiary/aromatic N) is 3. The predicted octanol–water partition coefficient (Wildman–Crippen LogP) is 3.87. The molecule has 1 amide bonds. The molecule has 0 N–H and O–H groups in total. The van der Waals surface area contributed by atoms with Crippen molar-refractivity contribution in [2.75, 3.05) is 18.8 Å². The predicted molar refractivity (Wildman–Crippen MR) is 88.3 cm³/mol. The van der Waals surface area contributed by atoms with Gasteiger partial charge in [0.05, 0.1) is 0 Å². The molecule has 122 valence electrons. The lowest BCUT2D eigenvalue weighted by Crippen LogP contribution is -2.43. The van der Waals surface area contributed by atoms with Crippen molar-refractivity contribution in [2.24, 2.45) is 5.92 Å². The van der Waals surface area contributed by atoms with Crippen molar-refractivity contribution in [2.45, 2.75) is 44.2 Å². The summed E-state index contributed by atoms with van der Waals surface area (Å²) in [4.78, 5) is 13.9. The van der Waals surface area contributed by atoms with E-state index in [1.54, 1.807) is 17.8 Å². The Balaban J connectivity index is 1.82. The number of ether oxygens (including phenoxy) is 1. The highest BCUT2D eigenvalue weighted by atomic mass is 35.5. The first-order valence-corrected chi connectivity index (χ1v) is 8.80. The topological polar surface area (TPSA) is 55.3 Å². The van der Waals surface area contributed by atoms with Crippen LogP contribution in [-0.4, -0.2) is 45.6 Å². The Morgan fingerprint density at radius 2 is 2.23 bits per heavy atom. The molecule has 1 aliphatic heterocycles. The lowest BCUT2D eigenvalue weighted by molar-refractivity contribution is 0.0177. The number of piperidine rings is 1. The van der Waals surface area contributed by atoms with Crippen LogP contribution in [0.3, 0.4) is 0 Å². The van der Waals surface area contributed by atoms with E-state index in [0.29, 0.717) is 11.1 Å². The minimum Gasteiger partial charge on any atom is -0.444 e. The molecule has 1 fully saturated rings. The fourth-order valence-corrected chi connectivity index (χ4v) is 3.32. The molecule has 1 aromatic rings. The van der Waals surface area contributed by atoms with Gasteiger partial charge in [0.2, 0.25) is 0 Å². The monoisotopic (exact) mass is 343 g/mol. The molecule has 0 bridgehead atoms. The zero-order valence-corrected chi connectivity index (χ0v) is 14.8. The van der Waals surface area contributed by atoms with Crippen molar-refractivity contribution in [1.29, 1.82) is 0 Å². The fourth-order valence-electron chi connectivity index (χ4n) is 2.28. The summed E-state index contributed by atoms with van der Waals surface area (Å²) < 4.78 is 5.44. The Kier molecular flexibility index (Phi) is 5.92. The Hall–Kier alpha value is -1.01. The Labute approximate surface area is 140 Å². The van der Waals surface area contributed by atoms with Crippen LogP contribution in [0.2, 0.25) is 5.15 Å². The molecule has 1 aromatic heterocycles. The molecule has 2 heterocycles. The van der Waals surface area contributed by atoms with Crippen LogP contribution in [0.1, 0.15) is 33.6 Å². The van der Waals surface area contributed by atoms with Crippen LogP contribution in [0, 0.1) is 5.92 Å². The van der Waals surface area contributed by atoms with E-state index < -0.39 is 5.60 Å². The number of likely N-dealkylation sites (tertiary alicyclic amines) is 1. The number of carbonyl (C=O) groups is 1. The molecular formula is C15H22ClN3O2S. The maximum Gasteiger partial charge on any atom is 0.410 e. The van der Waals surface area contributed by atoms with Gasteiger partial charge in [0.1, 0.15) is 10.6 Å². The fraction of sp³-hybridized carbons (Fsp3) is 0.667. The summed E-state index contributed by atoms with van der Waals surface area (Å²) in [6, 6.07) is 3.61. The van der Waals surface area contributed by atoms with Gasteiger partial charge in [-0.25, -0.2) is 4.79 Å². The van der Waals surface area contributed by atoms with Gasteiger partial charge in [0.25, 0.3) is 0 Å². The molecule has 1 unspecified atom stereocenters. The number of carbonyl (C=O) groups excluding carboxylic acids is 1. The van der Waals surface area contributed by atoms with Gasteiger partial charge in [-0.3, -0.25) is 0 Å². The molecule has 0 saturated carbocycles. The molecule has 1 saturated heterocycles. The van der Waals surface area contributed by atoms with Crippen molar-refractivity contribution in [3.63, 3.8) is 0 Å². The first-order valence-electron chi connectivity index (χ1n) is 7.43. The van der Waals surface area contributed by atoms with Gasteiger partial charge in [0, 0.05) is 18.8 Å². The number of rotatable bonds is 3. The zero-order chi connectivity index (χ0) is 16.2. The van der Waals surface area contributed by atoms with E-state index in [2.05, 4.69) is 10.2 Å². The van der Waals surface area contributed by atoms with Gasteiger partial charge in [-0.1, -0.05) is 11.6 Å². The third kappa shape index (κ3) is 5.65. The summed E-state index contributed by atoms with van der Waals surface area (Å²) >= 11 is 7.38. The van der Waals surface area contributed by atoms with Gasteiger partial charge < -0.3 is 9.64 Å². The third-order valence-electron chi connectivity index (χ3n) is 3.25. The summed E-state index contributed by atoms with van der Waals surface area (Å²) in [6.45, 7) is 7.18. The molecule has 7 heteroatoms. The average molecular weight is 344 g/mol. The van der Waals surface area contributed by atoms with Crippen molar-refractivity contribution >= 4 is 29.5 Å². The molecule has 0 spiro atoms. The number of halogens is 1. The highest BCUT2D eigenvalue weighted by Crippen LogP contribution is 2.25. The molecule has 0 aromatic carbocycles. The lowest BCUT2D eigenvalue weighted by Gasteiger charge is -2.34. The van der Waals surface area contributed by atoms with Crippen molar-refractivity contribution in [1.82, 2.24) is 15.1 Å². The van der Waals surface area contributed by atoms with Gasteiger partial charge in [-0.15, -0.1) is 22.0 Å². The minimum atomic E-state index is -0.447. The van der Waals surface area contributed by atoms with Crippen molar-refractivity contribution in [3.05, 3.63) is 17.3 Å². The standard InChI is InChI=1S/C15H22ClN3O2S/c1-15(2,3)21-14(20)19-8-4-5-11(9-19)10-22-13-7-6-12(16)17-18-13/h6-7,11H,4-5,8-10H2,1-3H3. The largest absolute Gasteiger partial charge is 0.444 e. The summed E-state index contributed by atoms with van der Waals surface area (Å²) in [5.74, 6) is 1.36. The summed E-state index contributed by atoms with van der Waals surface area (Å²) in [5, 5.41) is 9.14. The molecule has 0 aliphatic carbocycles. The quantitative estimate of drug-likeness (QED) is 0.780. The molecule has 5 nitrogen and oxygen atoms in total. The SMILES string of the molecule is CC(C)(C)OC(=O)N1CCCC(CSc2ccc(Cl)nn2)C1. The van der Waals surface area contributed by atoms with E-state index >= 15 is 0 Å². The van der Waals surface area contributed by atoms with Gasteiger partial charge in [-0.05, 0) is 51.7 Å². The number of aromatic nitrogens is 2. The number of hydrogen-bond acceptors (Lipinski definition) is 5. The Morgan fingerprint density at radius 1 is 1.45 bits per heavy atom. The maximum absolute atomic E-state index is 12.1. The first-order chi connectivity index (χ1) is 10.3. The van der Waals surface area contributed by atoms with E-state index in [1.165, 1.54) is 0 Å². The number of amides is 1. The van der Waals surface area contributed by atoms with E-state index in [-0.39, 0.29) is 6.09 Å². The van der Waals surface area contributed by atoms with E-state index in [9.17, 15) is 4.79 Å². The molecule has 1 aliphatic rings. The second kappa shape index (κ2) is 7.51. The van der Waals surface area contributed by atoms with Gasteiger partial charge >= 0.3 is 6.09 Å². The third-order valence-corrected chi connectivity index (χ3v) is 4.60. The van der Waals surface area contributed by atoms with Crippen LogP contribution in [-0.2, 0) is 4.74 Å². The zero-order valence-electron chi connectivity index (χ0n) is 13.2. The summed E-state index contributed by atoms with van der Waals surface area (Å²) in [6.07, 6.45) is 1.91. The van der Waals surface area contributed by atoms with Gasteiger partial charge in [0.15, 0.2) is 5.15 Å². The number of hydrogen-bond donors (Lipinski definition) is 0. The highest BCUT2D eigenvalue weighted by Gasteiger charge is 2.27. The van der Waals surface area contributed by atoms with Crippen molar-refractivity contribution < 1.29 is 9.53 Å². The Morgan fingerprint density at radius 3 is 2.86 bits per heavy atom. The smallest absolute Gasteiger partial charge is 0.410 e. The normalized spacial score (nSPS) is 19.1. The lowest BCUT2D eigenvalue weighted by atomic mass is 10.0. The van der Waals surface area contributed by atoms with E-state index in [0.717, 1.165) is 36.7 Å². The second-order valence-electron chi connectivity index (χ2n) is 6.44. The molecule has 0 radical (unpaired) electrons.